The number of rotatable bonds is 4. The molecular formula is C18H16N4O2. The number of hydrogen-bond donors (Lipinski definition) is 2. The number of carbonyl (C=O) groups excluding carboxylic acids is 1. The van der Waals surface area contributed by atoms with Gasteiger partial charge in [0, 0.05) is 28.6 Å². The summed E-state index contributed by atoms with van der Waals surface area (Å²) in [7, 11) is 1.55. The van der Waals surface area contributed by atoms with Crippen LogP contribution in [0.1, 0.15) is 15.9 Å². The van der Waals surface area contributed by atoms with Gasteiger partial charge in [-0.25, -0.2) is 9.97 Å². The number of nitrogen functional groups attached to an aromatic ring is 2. The smallest absolute Gasteiger partial charge is 0.220 e. The second-order valence-corrected chi connectivity index (χ2v) is 5.16. The van der Waals surface area contributed by atoms with Gasteiger partial charge < -0.3 is 16.2 Å². The van der Waals surface area contributed by atoms with Gasteiger partial charge in [-0.1, -0.05) is 18.2 Å². The highest BCUT2D eigenvalue weighted by atomic mass is 16.5. The number of aromatic nitrogens is 2. The molecule has 0 aliphatic rings. The Morgan fingerprint density at radius 2 is 1.92 bits per heavy atom. The average molecular weight is 320 g/mol. The summed E-state index contributed by atoms with van der Waals surface area (Å²) in [5.41, 5.74) is 14.3. The van der Waals surface area contributed by atoms with Crippen molar-refractivity contribution in [2.75, 3.05) is 18.6 Å². The van der Waals surface area contributed by atoms with E-state index in [9.17, 15) is 4.79 Å². The lowest BCUT2D eigenvalue weighted by molar-refractivity contribution is 0.103. The first-order valence-corrected chi connectivity index (χ1v) is 7.25. The number of ether oxygens (including phenoxy) is 1. The molecule has 0 saturated carbocycles. The van der Waals surface area contributed by atoms with Crippen LogP contribution in [0.3, 0.4) is 0 Å². The molecule has 0 amide bonds. The first-order valence-electron chi connectivity index (χ1n) is 7.25. The molecule has 0 aliphatic carbocycles. The fourth-order valence-electron chi connectivity index (χ4n) is 2.37. The SMILES string of the molecule is COc1cccc(C(=O)c2cc(-c3ccnc(N)n3)ccc2N)c1. The number of carbonyl (C=O) groups is 1. The van der Waals surface area contributed by atoms with E-state index in [0.717, 1.165) is 5.56 Å². The van der Waals surface area contributed by atoms with Crippen LogP contribution in [-0.2, 0) is 0 Å². The van der Waals surface area contributed by atoms with Crippen molar-refractivity contribution < 1.29 is 9.53 Å². The van der Waals surface area contributed by atoms with E-state index in [2.05, 4.69) is 9.97 Å². The van der Waals surface area contributed by atoms with Crippen LogP contribution < -0.4 is 16.2 Å². The molecule has 6 nitrogen and oxygen atoms in total. The van der Waals surface area contributed by atoms with Gasteiger partial charge in [-0.05, 0) is 30.3 Å². The Morgan fingerprint density at radius 3 is 2.67 bits per heavy atom. The monoisotopic (exact) mass is 320 g/mol. The molecule has 1 heterocycles. The van der Waals surface area contributed by atoms with Crippen LogP contribution in [0.25, 0.3) is 11.3 Å². The maximum atomic E-state index is 12.8. The molecule has 0 radical (unpaired) electrons. The molecule has 0 atom stereocenters. The van der Waals surface area contributed by atoms with Crippen LogP contribution in [0.4, 0.5) is 11.6 Å². The predicted molar refractivity (Wildman–Crippen MR) is 92.7 cm³/mol. The first kappa shape index (κ1) is 15.5. The van der Waals surface area contributed by atoms with Crippen LogP contribution in [0.2, 0.25) is 0 Å². The summed E-state index contributed by atoms with van der Waals surface area (Å²) in [6.07, 6.45) is 1.57. The second kappa shape index (κ2) is 6.37. The van der Waals surface area contributed by atoms with Gasteiger partial charge in [0.25, 0.3) is 0 Å². The lowest BCUT2D eigenvalue weighted by Gasteiger charge is -2.09. The van der Waals surface area contributed by atoms with E-state index in [1.165, 1.54) is 0 Å². The standard InChI is InChI=1S/C18H16N4O2/c1-24-13-4-2-3-12(9-13)17(23)14-10-11(5-6-15(14)19)16-7-8-21-18(20)22-16/h2-10H,19H2,1H3,(H2,20,21,22). The quantitative estimate of drug-likeness (QED) is 0.565. The van der Waals surface area contributed by atoms with E-state index < -0.39 is 0 Å². The van der Waals surface area contributed by atoms with Gasteiger partial charge in [0.15, 0.2) is 5.78 Å². The zero-order valence-electron chi connectivity index (χ0n) is 13.1. The molecular weight excluding hydrogens is 304 g/mol. The van der Waals surface area contributed by atoms with Crippen molar-refractivity contribution in [1.82, 2.24) is 9.97 Å². The maximum absolute atomic E-state index is 12.8. The van der Waals surface area contributed by atoms with Crippen molar-refractivity contribution in [3.63, 3.8) is 0 Å². The Morgan fingerprint density at radius 1 is 1.08 bits per heavy atom. The summed E-state index contributed by atoms with van der Waals surface area (Å²) in [5.74, 6) is 0.597. The minimum atomic E-state index is -0.185. The number of methoxy groups -OCH3 is 1. The third-order valence-electron chi connectivity index (χ3n) is 3.60. The molecule has 0 spiro atoms. The normalized spacial score (nSPS) is 10.4. The molecule has 120 valence electrons. The van der Waals surface area contributed by atoms with Crippen molar-refractivity contribution in [3.8, 4) is 17.0 Å². The Labute approximate surface area is 139 Å². The fourth-order valence-corrected chi connectivity index (χ4v) is 2.37. The molecule has 0 bridgehead atoms. The van der Waals surface area contributed by atoms with E-state index in [1.54, 1.807) is 61.8 Å². The van der Waals surface area contributed by atoms with Gasteiger partial charge in [0.05, 0.1) is 12.8 Å². The number of hydrogen-bond acceptors (Lipinski definition) is 6. The van der Waals surface area contributed by atoms with E-state index >= 15 is 0 Å². The molecule has 0 unspecified atom stereocenters. The van der Waals surface area contributed by atoms with Gasteiger partial charge in [0.2, 0.25) is 5.95 Å². The Bertz CT molecular complexity index is 909. The lowest BCUT2D eigenvalue weighted by Crippen LogP contribution is -2.06. The molecule has 1 aromatic heterocycles. The number of nitrogens with zero attached hydrogens (tertiary/aromatic N) is 2. The van der Waals surface area contributed by atoms with Crippen LogP contribution >= 0.6 is 0 Å². The summed E-state index contributed by atoms with van der Waals surface area (Å²) in [6, 6.07) is 13.8. The maximum Gasteiger partial charge on any atom is 0.220 e. The minimum Gasteiger partial charge on any atom is -0.497 e. The molecule has 0 aliphatic heterocycles. The van der Waals surface area contributed by atoms with Crippen LogP contribution in [0.15, 0.2) is 54.7 Å². The Kier molecular flexibility index (Phi) is 4.11. The van der Waals surface area contributed by atoms with Gasteiger partial charge >= 0.3 is 0 Å². The molecule has 3 aromatic rings. The molecule has 0 fully saturated rings. The fraction of sp³-hybridized carbons (Fsp3) is 0.0556. The number of nitrogens with two attached hydrogens (primary N) is 2. The molecule has 3 rings (SSSR count). The van der Waals surface area contributed by atoms with Crippen molar-refractivity contribution in [2.45, 2.75) is 0 Å². The summed E-state index contributed by atoms with van der Waals surface area (Å²) in [5, 5.41) is 0. The molecule has 24 heavy (non-hydrogen) atoms. The number of ketones is 1. The second-order valence-electron chi connectivity index (χ2n) is 5.16. The highest BCUT2D eigenvalue weighted by Crippen LogP contribution is 2.25. The molecule has 2 aromatic carbocycles. The third-order valence-corrected chi connectivity index (χ3v) is 3.60. The summed E-state index contributed by atoms with van der Waals surface area (Å²) in [4.78, 5) is 20.8. The van der Waals surface area contributed by atoms with Crippen LogP contribution in [0, 0.1) is 0 Å². The van der Waals surface area contributed by atoms with E-state index in [-0.39, 0.29) is 11.7 Å². The predicted octanol–water partition coefficient (Wildman–Crippen LogP) is 2.55. The molecule has 4 N–H and O–H groups in total. The van der Waals surface area contributed by atoms with Gasteiger partial charge in [0.1, 0.15) is 5.75 Å². The van der Waals surface area contributed by atoms with Gasteiger partial charge in [-0.3, -0.25) is 4.79 Å². The Hall–Kier alpha value is -3.41. The highest BCUT2D eigenvalue weighted by molar-refractivity contribution is 6.12. The summed E-state index contributed by atoms with van der Waals surface area (Å²) >= 11 is 0. The lowest BCUT2D eigenvalue weighted by atomic mass is 9.98. The van der Waals surface area contributed by atoms with Crippen molar-refractivity contribution in [1.29, 1.82) is 0 Å². The largest absolute Gasteiger partial charge is 0.497 e. The third kappa shape index (κ3) is 3.03. The number of benzene rings is 2. The van der Waals surface area contributed by atoms with E-state index in [4.69, 9.17) is 16.2 Å². The Balaban J connectivity index is 2.04. The zero-order chi connectivity index (χ0) is 17.1. The average Bonchev–Trinajstić information content (AvgIpc) is 2.61. The van der Waals surface area contributed by atoms with E-state index in [1.807, 2.05) is 0 Å². The first-order chi connectivity index (χ1) is 11.6. The summed E-state index contributed by atoms with van der Waals surface area (Å²) < 4.78 is 5.16. The van der Waals surface area contributed by atoms with Crippen molar-refractivity contribution in [3.05, 3.63) is 65.9 Å². The molecule has 0 saturated heterocycles. The minimum absolute atomic E-state index is 0.171. The van der Waals surface area contributed by atoms with Crippen molar-refractivity contribution in [2.24, 2.45) is 0 Å². The van der Waals surface area contributed by atoms with Crippen molar-refractivity contribution >= 4 is 17.4 Å². The topological polar surface area (TPSA) is 104 Å². The van der Waals surface area contributed by atoms with Gasteiger partial charge in [-0.15, -0.1) is 0 Å². The van der Waals surface area contributed by atoms with Crippen LogP contribution in [-0.4, -0.2) is 22.9 Å². The van der Waals surface area contributed by atoms with Gasteiger partial charge in [-0.2, -0.15) is 0 Å². The zero-order valence-corrected chi connectivity index (χ0v) is 13.1. The van der Waals surface area contributed by atoms with Crippen LogP contribution in [0.5, 0.6) is 5.75 Å². The number of anilines is 2. The van der Waals surface area contributed by atoms with E-state index in [0.29, 0.717) is 28.3 Å². The summed E-state index contributed by atoms with van der Waals surface area (Å²) in [6.45, 7) is 0. The molecule has 6 heteroatoms. The highest BCUT2D eigenvalue weighted by Gasteiger charge is 2.15.